The van der Waals surface area contributed by atoms with Gasteiger partial charge in [0.1, 0.15) is 23.1 Å². The largest absolute Gasteiger partial charge is 0.465 e. The number of hydrogen-bond donors (Lipinski definition) is 2. The van der Waals surface area contributed by atoms with E-state index in [9.17, 15) is 41.1 Å². The van der Waals surface area contributed by atoms with Gasteiger partial charge in [0.05, 0.1) is 17.1 Å². The summed E-state index contributed by atoms with van der Waals surface area (Å²) < 4.78 is 68.1. The Morgan fingerprint density at radius 1 is 1.02 bits per heavy atom. The fourth-order valence-corrected chi connectivity index (χ4v) is 7.32. The van der Waals surface area contributed by atoms with Crippen molar-refractivity contribution in [3.05, 3.63) is 63.6 Å². The van der Waals surface area contributed by atoms with Crippen LogP contribution in [-0.2, 0) is 32.2 Å². The Morgan fingerprint density at radius 3 is 2.14 bits per heavy atom. The van der Waals surface area contributed by atoms with Gasteiger partial charge in [-0.25, -0.2) is 13.2 Å². The zero-order chi connectivity index (χ0) is 32.6. The summed E-state index contributed by atoms with van der Waals surface area (Å²) in [6, 6.07) is 4.34. The number of nitrogens with zero attached hydrogens (tertiary/aromatic N) is 3. The lowest BCUT2D eigenvalue weighted by Gasteiger charge is -2.54. The van der Waals surface area contributed by atoms with E-state index in [4.69, 9.17) is 23.2 Å². The Bertz CT molecular complexity index is 1520. The minimum absolute atomic E-state index is 0.167. The topological polar surface area (TPSA) is 127 Å². The molecule has 3 unspecified atom stereocenters. The number of carboxylic acid groups (broad SMARTS) is 1. The predicted molar refractivity (Wildman–Crippen MR) is 156 cm³/mol. The first-order valence-electron chi connectivity index (χ1n) is 13.8. The zero-order valence-electron chi connectivity index (χ0n) is 23.7. The lowest BCUT2D eigenvalue weighted by Crippen LogP contribution is -2.76. The number of carbonyl (C=O) groups excluding carboxylic acids is 2. The second-order valence-electron chi connectivity index (χ2n) is 10.9. The van der Waals surface area contributed by atoms with E-state index in [1.54, 1.807) is 13.8 Å². The summed E-state index contributed by atoms with van der Waals surface area (Å²) in [5, 5.41) is 11.3. The Balaban J connectivity index is 0.00000139. The second kappa shape index (κ2) is 13.1. The van der Waals surface area contributed by atoms with Gasteiger partial charge in [-0.2, -0.15) is 17.5 Å². The zero-order valence-corrected chi connectivity index (χ0v) is 26.1. The summed E-state index contributed by atoms with van der Waals surface area (Å²) in [6.07, 6.45) is -3.21. The summed E-state index contributed by atoms with van der Waals surface area (Å²) >= 11 is 12.2. The van der Waals surface area contributed by atoms with E-state index in [0.29, 0.717) is 0 Å². The Kier molecular flexibility index (Phi) is 10.1. The first kappa shape index (κ1) is 33.8. The highest BCUT2D eigenvalue weighted by Gasteiger charge is 2.54. The van der Waals surface area contributed by atoms with Crippen LogP contribution in [0.1, 0.15) is 44.2 Å². The van der Waals surface area contributed by atoms with Crippen molar-refractivity contribution in [2.24, 2.45) is 0 Å². The fraction of sp³-hybridized carbons (Fsp3) is 0.464. The molecule has 2 aromatic carbocycles. The van der Waals surface area contributed by atoms with Crippen LogP contribution in [0.3, 0.4) is 0 Å². The first-order chi connectivity index (χ1) is 20.5. The summed E-state index contributed by atoms with van der Waals surface area (Å²) in [6.45, 7) is 2.55. The molecule has 5 rings (SSSR count). The molecule has 0 radical (unpaired) electrons. The smallest absolute Gasteiger partial charge is 0.416 e. The number of rotatable bonds is 6. The SMILES string of the molecule is C1CC1.CC(C)N1CC2N(C(=O)C(NC(=O)O)CN2S(=O)(=O)c2ccc(Cl)cc2Cl)C(Cc2ccc(C(F)(F)F)cc2)C1=O. The summed E-state index contributed by atoms with van der Waals surface area (Å²) in [5.41, 5.74) is -0.633. The van der Waals surface area contributed by atoms with Crippen molar-refractivity contribution < 1.29 is 41.1 Å². The molecular formula is C28H31Cl2F3N4O6S. The molecule has 2 saturated heterocycles. The molecule has 2 N–H and O–H groups in total. The van der Waals surface area contributed by atoms with Gasteiger partial charge >= 0.3 is 12.3 Å². The Morgan fingerprint density at radius 2 is 1.64 bits per heavy atom. The highest BCUT2D eigenvalue weighted by Crippen LogP contribution is 2.35. The number of benzene rings is 2. The van der Waals surface area contributed by atoms with Crippen LogP contribution < -0.4 is 5.32 Å². The molecule has 2 heterocycles. The second-order valence-corrected chi connectivity index (χ2v) is 13.6. The minimum Gasteiger partial charge on any atom is -0.465 e. The molecule has 240 valence electrons. The van der Waals surface area contributed by atoms with Crippen molar-refractivity contribution in [2.75, 3.05) is 13.1 Å². The molecule has 0 bridgehead atoms. The quantitative estimate of drug-likeness (QED) is 0.450. The fourth-order valence-electron chi connectivity index (χ4n) is 4.99. The third kappa shape index (κ3) is 7.41. The van der Waals surface area contributed by atoms with Crippen molar-refractivity contribution >= 4 is 51.1 Å². The number of carbonyl (C=O) groups is 3. The van der Waals surface area contributed by atoms with Gasteiger partial charge in [0.25, 0.3) is 0 Å². The van der Waals surface area contributed by atoms with Crippen LogP contribution in [0.25, 0.3) is 0 Å². The van der Waals surface area contributed by atoms with Gasteiger partial charge in [-0.15, -0.1) is 0 Å². The number of halogens is 5. The van der Waals surface area contributed by atoms with Crippen LogP contribution in [-0.4, -0.2) is 82.9 Å². The molecule has 2 aliphatic heterocycles. The minimum atomic E-state index is -4.59. The summed E-state index contributed by atoms with van der Waals surface area (Å²) in [4.78, 5) is 40.9. The van der Waals surface area contributed by atoms with E-state index in [1.807, 2.05) is 5.32 Å². The molecule has 0 spiro atoms. The van der Waals surface area contributed by atoms with Gasteiger partial charge in [0, 0.05) is 24.0 Å². The summed E-state index contributed by atoms with van der Waals surface area (Å²) in [5.74, 6) is -1.41. The van der Waals surface area contributed by atoms with Gasteiger partial charge < -0.3 is 20.2 Å². The number of alkyl halides is 3. The number of fused-ring (bicyclic) bond motifs is 1. The standard InChI is InChI=1S/C25H25Cl2F3N4O6S.C3H6/c1-13(2)32-12-21-33(41(39,40)20-8-7-16(26)10-17(20)27)11-18(31-24(37)38)22(35)34(21)19(23(32)36)9-14-3-5-15(6-4-14)25(28,29)30;1-2-3-1/h3-8,10,13,18-19,21,31H,9,11-12H2,1-2H3,(H,37,38);1-3H2. The predicted octanol–water partition coefficient (Wildman–Crippen LogP) is 4.84. The van der Waals surface area contributed by atoms with E-state index < -0.39 is 70.5 Å². The number of nitrogens with one attached hydrogen (secondary N) is 1. The summed E-state index contributed by atoms with van der Waals surface area (Å²) in [7, 11) is -4.50. The van der Waals surface area contributed by atoms with Crippen molar-refractivity contribution in [3.8, 4) is 0 Å². The van der Waals surface area contributed by atoms with Gasteiger partial charge in [-0.3, -0.25) is 9.59 Å². The third-order valence-corrected chi connectivity index (χ3v) is 9.88. The molecule has 2 aromatic rings. The Hall–Kier alpha value is -3.07. The molecule has 10 nitrogen and oxygen atoms in total. The van der Waals surface area contributed by atoms with E-state index in [-0.39, 0.29) is 33.5 Å². The van der Waals surface area contributed by atoms with E-state index in [1.165, 1.54) is 54.5 Å². The molecule has 1 saturated carbocycles. The van der Waals surface area contributed by atoms with Crippen LogP contribution in [0, 0.1) is 0 Å². The van der Waals surface area contributed by atoms with Crippen LogP contribution in [0.4, 0.5) is 18.0 Å². The van der Waals surface area contributed by atoms with Gasteiger partial charge in [0.2, 0.25) is 21.8 Å². The number of amides is 3. The Labute approximate surface area is 262 Å². The molecule has 3 amide bonds. The molecule has 16 heteroatoms. The maximum absolute atomic E-state index is 13.9. The number of piperazine rings is 1. The van der Waals surface area contributed by atoms with E-state index in [0.717, 1.165) is 21.3 Å². The average Bonchev–Trinajstić information content (AvgIpc) is 3.80. The maximum Gasteiger partial charge on any atom is 0.416 e. The van der Waals surface area contributed by atoms with Crippen LogP contribution in [0.15, 0.2) is 47.4 Å². The normalized spacial score (nSPS) is 22.3. The molecule has 3 atom stereocenters. The molecule has 3 aliphatic rings. The lowest BCUT2D eigenvalue weighted by atomic mass is 9.96. The van der Waals surface area contributed by atoms with Crippen molar-refractivity contribution in [1.29, 1.82) is 0 Å². The molecule has 3 fully saturated rings. The van der Waals surface area contributed by atoms with Crippen molar-refractivity contribution in [3.63, 3.8) is 0 Å². The maximum atomic E-state index is 13.9. The monoisotopic (exact) mass is 678 g/mol. The van der Waals surface area contributed by atoms with Crippen LogP contribution >= 0.6 is 23.2 Å². The highest BCUT2D eigenvalue weighted by molar-refractivity contribution is 7.89. The lowest BCUT2D eigenvalue weighted by molar-refractivity contribution is -0.168. The van der Waals surface area contributed by atoms with Gasteiger partial charge in [-0.1, -0.05) is 54.6 Å². The number of sulfonamides is 1. The molecule has 1 aliphatic carbocycles. The third-order valence-electron chi connectivity index (χ3n) is 7.30. The van der Waals surface area contributed by atoms with Crippen molar-refractivity contribution in [1.82, 2.24) is 19.4 Å². The van der Waals surface area contributed by atoms with Crippen LogP contribution in [0.2, 0.25) is 10.0 Å². The molecule has 44 heavy (non-hydrogen) atoms. The van der Waals surface area contributed by atoms with E-state index >= 15 is 0 Å². The highest BCUT2D eigenvalue weighted by atomic mass is 35.5. The first-order valence-corrected chi connectivity index (χ1v) is 16.0. The molecule has 0 aromatic heterocycles. The average molecular weight is 680 g/mol. The van der Waals surface area contributed by atoms with Crippen LogP contribution in [0.5, 0.6) is 0 Å². The molecular weight excluding hydrogens is 648 g/mol. The number of hydrogen-bond acceptors (Lipinski definition) is 5. The van der Waals surface area contributed by atoms with Gasteiger partial charge in [-0.05, 0) is 49.7 Å². The van der Waals surface area contributed by atoms with E-state index in [2.05, 4.69) is 0 Å². The van der Waals surface area contributed by atoms with Gasteiger partial charge in [0.15, 0.2) is 0 Å². The van der Waals surface area contributed by atoms with Crippen molar-refractivity contribution in [2.45, 2.75) is 74.9 Å².